The molecule has 3 aromatic rings. The fourth-order valence-corrected chi connectivity index (χ4v) is 3.58. The van der Waals surface area contributed by atoms with Crippen molar-refractivity contribution in [1.82, 2.24) is 5.32 Å². The smallest absolute Gasteiger partial charge is 0.333 e. The van der Waals surface area contributed by atoms with Crippen molar-refractivity contribution in [3.63, 3.8) is 0 Å². The number of benzene rings is 3. The van der Waals surface area contributed by atoms with Crippen LogP contribution < -0.4 is 15.0 Å². The molecule has 0 saturated heterocycles. The number of nitrogens with zero attached hydrogens (tertiary/aromatic N) is 1. The average molecular weight is 519 g/mol. The summed E-state index contributed by atoms with van der Waals surface area (Å²) in [5.74, 6) is -3.41. The van der Waals surface area contributed by atoms with Gasteiger partial charge < -0.3 is 19.5 Å². The molecule has 2 amide bonds. The highest BCUT2D eigenvalue weighted by Gasteiger charge is 2.28. The second kappa shape index (κ2) is 12.8. The van der Waals surface area contributed by atoms with E-state index in [9.17, 15) is 24.0 Å². The Morgan fingerprint density at radius 1 is 0.816 bits per heavy atom. The van der Waals surface area contributed by atoms with Gasteiger partial charge in [0, 0.05) is 23.7 Å². The highest BCUT2D eigenvalue weighted by Crippen LogP contribution is 2.26. The molecule has 0 aliphatic heterocycles. The Bertz CT molecular complexity index is 1330. The van der Waals surface area contributed by atoms with Gasteiger partial charge in [0.1, 0.15) is 12.3 Å². The van der Waals surface area contributed by atoms with Crippen LogP contribution in [0, 0.1) is 0 Å². The molecule has 0 saturated carbocycles. The van der Waals surface area contributed by atoms with Crippen LogP contribution in [-0.2, 0) is 23.9 Å². The topological polar surface area (TPSA) is 128 Å². The SMILES string of the molecule is COC(=O)CN(C(=O)c1cc(OC(C)=O)cc(C(NC(=O)c2ccccc2)C(=O)OC)c1)c1ccccc1. The minimum atomic E-state index is -1.35. The van der Waals surface area contributed by atoms with Crippen molar-refractivity contribution in [3.05, 3.63) is 95.6 Å². The van der Waals surface area contributed by atoms with E-state index in [0.29, 0.717) is 11.3 Å². The Balaban J connectivity index is 2.08. The fraction of sp³-hybridized carbons (Fsp3) is 0.179. The van der Waals surface area contributed by atoms with Gasteiger partial charge in [0.05, 0.1) is 14.2 Å². The van der Waals surface area contributed by atoms with Crippen molar-refractivity contribution in [3.8, 4) is 5.75 Å². The number of carbonyl (C=O) groups is 5. The lowest BCUT2D eigenvalue weighted by Gasteiger charge is -2.23. The summed E-state index contributed by atoms with van der Waals surface area (Å²) in [7, 11) is 2.35. The molecule has 10 heteroatoms. The van der Waals surface area contributed by atoms with Gasteiger partial charge in [-0.2, -0.15) is 0 Å². The number of amides is 2. The monoisotopic (exact) mass is 518 g/mol. The Labute approximate surface area is 219 Å². The van der Waals surface area contributed by atoms with Crippen LogP contribution in [0.4, 0.5) is 5.69 Å². The standard InChI is InChI=1S/C28H26N2O8/c1-18(31)38-23-15-20(25(28(35)37-3)29-26(33)19-10-6-4-7-11-19)14-21(16-23)27(34)30(17-24(32)36-2)22-12-8-5-9-13-22/h4-16,25H,17H2,1-3H3,(H,29,33). The quantitative estimate of drug-likeness (QED) is 0.338. The Kier molecular flexibility index (Phi) is 9.31. The second-order valence-corrected chi connectivity index (χ2v) is 7.98. The molecule has 0 aromatic heterocycles. The predicted octanol–water partition coefficient (Wildman–Crippen LogP) is 3.08. The number of para-hydroxylation sites is 1. The molecule has 0 aliphatic carbocycles. The molecule has 0 fully saturated rings. The largest absolute Gasteiger partial charge is 0.468 e. The maximum absolute atomic E-state index is 13.7. The Hall–Kier alpha value is -4.99. The highest BCUT2D eigenvalue weighted by molar-refractivity contribution is 6.09. The number of carbonyl (C=O) groups excluding carboxylic acids is 5. The zero-order valence-corrected chi connectivity index (χ0v) is 21.0. The minimum absolute atomic E-state index is 0.0191. The summed E-state index contributed by atoms with van der Waals surface area (Å²) in [4.78, 5) is 64.3. The molecular weight excluding hydrogens is 492 g/mol. The normalized spacial score (nSPS) is 11.0. The molecule has 1 unspecified atom stereocenters. The van der Waals surface area contributed by atoms with Gasteiger partial charge in [0.2, 0.25) is 0 Å². The van der Waals surface area contributed by atoms with Crippen LogP contribution in [-0.4, -0.2) is 50.5 Å². The number of hydrogen-bond donors (Lipinski definition) is 1. The van der Waals surface area contributed by atoms with E-state index in [4.69, 9.17) is 14.2 Å². The number of ether oxygens (including phenoxy) is 3. The van der Waals surface area contributed by atoms with Gasteiger partial charge in [-0.1, -0.05) is 36.4 Å². The zero-order chi connectivity index (χ0) is 27.7. The number of nitrogens with one attached hydrogen (secondary N) is 1. The molecule has 0 spiro atoms. The molecule has 0 bridgehead atoms. The molecule has 38 heavy (non-hydrogen) atoms. The van der Waals surface area contributed by atoms with Crippen molar-refractivity contribution >= 4 is 35.4 Å². The summed E-state index contributed by atoms with van der Waals surface area (Å²) in [6.07, 6.45) is 0. The van der Waals surface area contributed by atoms with Crippen molar-refractivity contribution < 1.29 is 38.2 Å². The molecular formula is C28H26N2O8. The summed E-state index contributed by atoms with van der Waals surface area (Å²) in [5.41, 5.74) is 0.801. The second-order valence-electron chi connectivity index (χ2n) is 7.98. The number of methoxy groups -OCH3 is 2. The van der Waals surface area contributed by atoms with E-state index in [0.717, 1.165) is 7.11 Å². The summed E-state index contributed by atoms with van der Waals surface area (Å²) in [6, 6.07) is 19.3. The maximum atomic E-state index is 13.7. The van der Waals surface area contributed by atoms with Crippen LogP contribution in [0.2, 0.25) is 0 Å². The molecule has 1 N–H and O–H groups in total. The summed E-state index contributed by atoms with van der Waals surface area (Å²) in [6.45, 7) is 0.772. The lowest BCUT2D eigenvalue weighted by molar-refractivity contribution is -0.143. The van der Waals surface area contributed by atoms with Crippen molar-refractivity contribution in [2.24, 2.45) is 0 Å². The number of hydrogen-bond acceptors (Lipinski definition) is 8. The van der Waals surface area contributed by atoms with E-state index in [1.807, 2.05) is 0 Å². The van der Waals surface area contributed by atoms with Gasteiger partial charge in [-0.15, -0.1) is 0 Å². The third-order valence-electron chi connectivity index (χ3n) is 5.35. The molecule has 0 heterocycles. The zero-order valence-electron chi connectivity index (χ0n) is 21.0. The maximum Gasteiger partial charge on any atom is 0.333 e. The van der Waals surface area contributed by atoms with Crippen molar-refractivity contribution in [2.75, 3.05) is 25.7 Å². The van der Waals surface area contributed by atoms with Gasteiger partial charge in [0.15, 0.2) is 6.04 Å². The van der Waals surface area contributed by atoms with E-state index in [1.54, 1.807) is 60.7 Å². The molecule has 1 atom stereocenters. The first kappa shape index (κ1) is 27.6. The lowest BCUT2D eigenvalue weighted by atomic mass is 10.0. The first-order valence-electron chi connectivity index (χ1n) is 11.4. The van der Waals surface area contributed by atoms with Crippen LogP contribution >= 0.6 is 0 Å². The van der Waals surface area contributed by atoms with Crippen LogP contribution in [0.1, 0.15) is 39.2 Å². The van der Waals surface area contributed by atoms with E-state index >= 15 is 0 Å². The highest BCUT2D eigenvalue weighted by atomic mass is 16.5. The molecule has 3 aromatic carbocycles. The Morgan fingerprint density at radius 2 is 1.45 bits per heavy atom. The minimum Gasteiger partial charge on any atom is -0.468 e. The van der Waals surface area contributed by atoms with Gasteiger partial charge in [-0.3, -0.25) is 24.1 Å². The van der Waals surface area contributed by atoms with Crippen LogP contribution in [0.25, 0.3) is 0 Å². The molecule has 3 rings (SSSR count). The third-order valence-corrected chi connectivity index (χ3v) is 5.35. The molecule has 0 radical (unpaired) electrons. The number of rotatable bonds is 9. The van der Waals surface area contributed by atoms with E-state index in [-0.39, 0.29) is 16.9 Å². The summed E-state index contributed by atoms with van der Waals surface area (Å²) in [5, 5.41) is 2.60. The average Bonchev–Trinajstić information content (AvgIpc) is 2.93. The predicted molar refractivity (Wildman–Crippen MR) is 137 cm³/mol. The van der Waals surface area contributed by atoms with E-state index in [2.05, 4.69) is 5.32 Å². The first-order chi connectivity index (χ1) is 18.2. The lowest BCUT2D eigenvalue weighted by Crippen LogP contribution is -2.37. The first-order valence-corrected chi connectivity index (χ1v) is 11.4. The van der Waals surface area contributed by atoms with Gasteiger partial charge in [0.25, 0.3) is 11.8 Å². The van der Waals surface area contributed by atoms with Gasteiger partial charge in [-0.05, 0) is 48.0 Å². The van der Waals surface area contributed by atoms with Crippen molar-refractivity contribution in [1.29, 1.82) is 0 Å². The molecule has 196 valence electrons. The molecule has 10 nitrogen and oxygen atoms in total. The van der Waals surface area contributed by atoms with E-state index in [1.165, 1.54) is 37.1 Å². The van der Waals surface area contributed by atoms with Crippen LogP contribution in [0.15, 0.2) is 78.9 Å². The van der Waals surface area contributed by atoms with Crippen LogP contribution in [0.3, 0.4) is 0 Å². The Morgan fingerprint density at radius 3 is 2.03 bits per heavy atom. The van der Waals surface area contributed by atoms with Crippen molar-refractivity contribution in [2.45, 2.75) is 13.0 Å². The number of esters is 3. The van der Waals surface area contributed by atoms with Gasteiger partial charge >= 0.3 is 17.9 Å². The van der Waals surface area contributed by atoms with Crippen LogP contribution in [0.5, 0.6) is 5.75 Å². The molecule has 0 aliphatic rings. The summed E-state index contributed by atoms with van der Waals surface area (Å²) < 4.78 is 14.9. The summed E-state index contributed by atoms with van der Waals surface area (Å²) >= 11 is 0. The number of anilines is 1. The third kappa shape index (κ3) is 7.03. The van der Waals surface area contributed by atoms with E-state index < -0.39 is 42.3 Å². The van der Waals surface area contributed by atoms with Gasteiger partial charge in [-0.25, -0.2) is 4.79 Å². The fourth-order valence-electron chi connectivity index (χ4n) is 3.58.